The number of nitrogens with zero attached hydrogens (tertiary/aromatic N) is 6. The van der Waals surface area contributed by atoms with Crippen molar-refractivity contribution in [3.8, 4) is 0 Å². The first-order chi connectivity index (χ1) is 12.4. The van der Waals surface area contributed by atoms with Crippen molar-refractivity contribution >= 4 is 11.9 Å². The molecular weight excluding hydrogens is 347 g/mol. The largest absolute Gasteiger partial charge is 0.401 e. The summed E-state index contributed by atoms with van der Waals surface area (Å²) in [6.45, 7) is 3.06. The van der Waals surface area contributed by atoms with Gasteiger partial charge < -0.3 is 15.1 Å². The van der Waals surface area contributed by atoms with Gasteiger partial charge in [0.2, 0.25) is 5.95 Å². The zero-order valence-electron chi connectivity index (χ0n) is 14.8. The monoisotopic (exact) mass is 371 g/mol. The van der Waals surface area contributed by atoms with E-state index in [1.165, 1.54) is 4.90 Å². The molecule has 2 aliphatic rings. The molecule has 144 valence electrons. The van der Waals surface area contributed by atoms with Gasteiger partial charge in [0, 0.05) is 64.8 Å². The van der Waals surface area contributed by atoms with Gasteiger partial charge in [-0.2, -0.15) is 13.2 Å². The van der Waals surface area contributed by atoms with E-state index in [0.29, 0.717) is 25.5 Å². The molecule has 2 aliphatic heterocycles. The molecule has 0 aliphatic carbocycles. The third kappa shape index (κ3) is 4.96. The van der Waals surface area contributed by atoms with Gasteiger partial charge in [0.15, 0.2) is 5.96 Å². The van der Waals surface area contributed by atoms with E-state index in [0.717, 1.165) is 32.1 Å². The number of nitrogens with one attached hydrogen (secondary N) is 1. The predicted octanol–water partition coefficient (Wildman–Crippen LogP) is 0.811. The number of aromatic nitrogens is 2. The second kappa shape index (κ2) is 8.07. The minimum Gasteiger partial charge on any atom is -0.352 e. The molecule has 0 spiro atoms. The van der Waals surface area contributed by atoms with Crippen molar-refractivity contribution in [1.82, 2.24) is 25.1 Å². The van der Waals surface area contributed by atoms with Crippen molar-refractivity contribution in [3.05, 3.63) is 18.5 Å². The molecule has 3 rings (SSSR count). The van der Waals surface area contributed by atoms with E-state index in [9.17, 15) is 13.2 Å². The highest BCUT2D eigenvalue weighted by Crippen LogP contribution is 2.20. The van der Waals surface area contributed by atoms with Crippen LogP contribution in [-0.2, 0) is 0 Å². The molecular formula is C16H24F3N7. The fourth-order valence-corrected chi connectivity index (χ4v) is 3.40. The maximum Gasteiger partial charge on any atom is 0.401 e. The topological polar surface area (TPSA) is 59.9 Å². The molecule has 1 aromatic rings. The van der Waals surface area contributed by atoms with Gasteiger partial charge in [0.05, 0.1) is 6.54 Å². The van der Waals surface area contributed by atoms with E-state index in [-0.39, 0.29) is 6.04 Å². The van der Waals surface area contributed by atoms with Crippen LogP contribution in [0.15, 0.2) is 23.5 Å². The van der Waals surface area contributed by atoms with Gasteiger partial charge in [-0.1, -0.05) is 0 Å². The first kappa shape index (κ1) is 18.7. The fourth-order valence-electron chi connectivity index (χ4n) is 3.40. The Bertz CT molecular complexity index is 600. The number of alkyl halides is 3. The van der Waals surface area contributed by atoms with Crippen LogP contribution in [0.1, 0.15) is 6.42 Å². The SMILES string of the molecule is CN=C(NC1CCN(CC(F)(F)F)C1)N1CCN(c2ncccn2)CC1. The van der Waals surface area contributed by atoms with Gasteiger partial charge in [-0.05, 0) is 12.5 Å². The van der Waals surface area contributed by atoms with Gasteiger partial charge >= 0.3 is 6.18 Å². The van der Waals surface area contributed by atoms with Crippen molar-refractivity contribution in [1.29, 1.82) is 0 Å². The molecule has 2 saturated heterocycles. The Morgan fingerprint density at radius 1 is 1.19 bits per heavy atom. The first-order valence-electron chi connectivity index (χ1n) is 8.74. The Balaban J connectivity index is 1.48. The summed E-state index contributed by atoms with van der Waals surface area (Å²) in [5, 5.41) is 3.32. The van der Waals surface area contributed by atoms with Gasteiger partial charge in [0.25, 0.3) is 0 Å². The van der Waals surface area contributed by atoms with Gasteiger partial charge in [-0.3, -0.25) is 9.89 Å². The van der Waals surface area contributed by atoms with Crippen LogP contribution in [0.5, 0.6) is 0 Å². The normalized spacial score (nSPS) is 22.8. The highest BCUT2D eigenvalue weighted by atomic mass is 19.4. The maximum atomic E-state index is 12.5. The summed E-state index contributed by atoms with van der Waals surface area (Å²) >= 11 is 0. The smallest absolute Gasteiger partial charge is 0.352 e. The molecule has 3 heterocycles. The number of hydrogen-bond acceptors (Lipinski definition) is 5. The third-order valence-electron chi connectivity index (χ3n) is 4.63. The lowest BCUT2D eigenvalue weighted by atomic mass is 10.2. The van der Waals surface area contributed by atoms with Crippen molar-refractivity contribution in [2.75, 3.05) is 57.8 Å². The summed E-state index contributed by atoms with van der Waals surface area (Å²) < 4.78 is 37.6. The minimum atomic E-state index is -4.15. The van der Waals surface area contributed by atoms with E-state index < -0.39 is 12.7 Å². The minimum absolute atomic E-state index is 0.00784. The van der Waals surface area contributed by atoms with Crippen LogP contribution in [0, 0.1) is 0 Å². The number of likely N-dealkylation sites (tertiary alicyclic amines) is 1. The van der Waals surface area contributed by atoms with Gasteiger partial charge in [-0.15, -0.1) is 0 Å². The molecule has 0 bridgehead atoms. The third-order valence-corrected chi connectivity index (χ3v) is 4.63. The van der Waals surface area contributed by atoms with E-state index in [2.05, 4.69) is 30.1 Å². The summed E-state index contributed by atoms with van der Waals surface area (Å²) in [5.41, 5.74) is 0. The summed E-state index contributed by atoms with van der Waals surface area (Å²) in [4.78, 5) is 18.5. The molecule has 0 saturated carbocycles. The lowest BCUT2D eigenvalue weighted by Crippen LogP contribution is -2.55. The van der Waals surface area contributed by atoms with E-state index in [4.69, 9.17) is 0 Å². The Labute approximate surface area is 150 Å². The lowest BCUT2D eigenvalue weighted by molar-refractivity contribution is -0.143. The average molecular weight is 371 g/mol. The summed E-state index contributed by atoms with van der Waals surface area (Å²) in [6, 6.07) is 1.78. The summed E-state index contributed by atoms with van der Waals surface area (Å²) in [7, 11) is 1.71. The standard InChI is InChI=1S/C16H24F3N7/c1-20-14(23-13-3-6-24(11-13)12-16(17,18)19)25-7-9-26(10-8-25)15-21-4-2-5-22-15/h2,4-5,13H,3,6-12H2,1H3,(H,20,23). The van der Waals surface area contributed by atoms with Crippen LogP contribution >= 0.6 is 0 Å². The molecule has 1 N–H and O–H groups in total. The average Bonchev–Trinajstić information content (AvgIpc) is 3.06. The molecule has 1 unspecified atom stereocenters. The quantitative estimate of drug-likeness (QED) is 0.627. The van der Waals surface area contributed by atoms with Crippen LogP contribution in [-0.4, -0.2) is 90.8 Å². The fraction of sp³-hybridized carbons (Fsp3) is 0.688. The predicted molar refractivity (Wildman–Crippen MR) is 93.2 cm³/mol. The molecule has 26 heavy (non-hydrogen) atoms. The van der Waals surface area contributed by atoms with Crippen molar-refractivity contribution in [3.63, 3.8) is 0 Å². The van der Waals surface area contributed by atoms with Gasteiger partial charge in [-0.25, -0.2) is 9.97 Å². The molecule has 1 atom stereocenters. The Morgan fingerprint density at radius 2 is 1.88 bits per heavy atom. The molecule has 0 aromatic carbocycles. The second-order valence-corrected chi connectivity index (χ2v) is 6.55. The van der Waals surface area contributed by atoms with E-state index in [1.54, 1.807) is 25.5 Å². The van der Waals surface area contributed by atoms with Crippen molar-refractivity contribution < 1.29 is 13.2 Å². The number of halogens is 3. The zero-order valence-corrected chi connectivity index (χ0v) is 14.8. The number of anilines is 1. The Kier molecular flexibility index (Phi) is 5.80. The number of rotatable bonds is 3. The second-order valence-electron chi connectivity index (χ2n) is 6.55. The van der Waals surface area contributed by atoms with Crippen LogP contribution in [0.3, 0.4) is 0 Å². The summed E-state index contributed by atoms with van der Waals surface area (Å²) in [6.07, 6.45) is -0.0106. The number of piperazine rings is 1. The first-order valence-corrected chi connectivity index (χ1v) is 8.74. The number of hydrogen-bond donors (Lipinski definition) is 1. The van der Waals surface area contributed by atoms with E-state index in [1.807, 2.05) is 0 Å². The zero-order chi connectivity index (χ0) is 18.6. The number of aliphatic imine (C=N–C) groups is 1. The lowest BCUT2D eigenvalue weighted by Gasteiger charge is -2.37. The van der Waals surface area contributed by atoms with Gasteiger partial charge in [0.1, 0.15) is 0 Å². The molecule has 10 heteroatoms. The van der Waals surface area contributed by atoms with Crippen molar-refractivity contribution in [2.45, 2.75) is 18.6 Å². The highest BCUT2D eigenvalue weighted by molar-refractivity contribution is 5.80. The van der Waals surface area contributed by atoms with Crippen molar-refractivity contribution in [2.24, 2.45) is 4.99 Å². The molecule has 0 radical (unpaired) electrons. The molecule has 2 fully saturated rings. The van der Waals surface area contributed by atoms with Crippen LogP contribution < -0.4 is 10.2 Å². The van der Waals surface area contributed by atoms with Crippen LogP contribution in [0.2, 0.25) is 0 Å². The number of guanidine groups is 1. The Morgan fingerprint density at radius 3 is 2.50 bits per heavy atom. The van der Waals surface area contributed by atoms with Crippen LogP contribution in [0.25, 0.3) is 0 Å². The maximum absolute atomic E-state index is 12.5. The van der Waals surface area contributed by atoms with E-state index >= 15 is 0 Å². The molecule has 7 nitrogen and oxygen atoms in total. The van der Waals surface area contributed by atoms with Crippen LogP contribution in [0.4, 0.5) is 19.1 Å². The molecule has 1 aromatic heterocycles. The Hall–Kier alpha value is -2.10. The summed E-state index contributed by atoms with van der Waals surface area (Å²) in [5.74, 6) is 1.46. The molecule has 0 amide bonds. The highest BCUT2D eigenvalue weighted by Gasteiger charge is 2.35.